The van der Waals surface area contributed by atoms with E-state index in [1.54, 1.807) is 11.8 Å². The van der Waals surface area contributed by atoms with Crippen LogP contribution in [0.4, 0.5) is 10.5 Å². The van der Waals surface area contributed by atoms with Crippen LogP contribution in [0.2, 0.25) is 0 Å². The van der Waals surface area contributed by atoms with Gasteiger partial charge in [0.2, 0.25) is 0 Å². The number of rotatable bonds is 8. The van der Waals surface area contributed by atoms with Crippen molar-refractivity contribution in [3.05, 3.63) is 53.6 Å². The van der Waals surface area contributed by atoms with Crippen molar-refractivity contribution in [2.24, 2.45) is 5.92 Å². The SMILES string of the molecule is Cc1cccc(C)c1OCCNC(=O)Nc1ccccc1SCC(C)C#N. The van der Waals surface area contributed by atoms with E-state index in [1.807, 2.05) is 63.2 Å². The van der Waals surface area contributed by atoms with E-state index in [-0.39, 0.29) is 11.9 Å². The highest BCUT2D eigenvalue weighted by atomic mass is 32.2. The molecule has 2 N–H and O–H groups in total. The molecule has 1 unspecified atom stereocenters. The smallest absolute Gasteiger partial charge is 0.319 e. The van der Waals surface area contributed by atoms with Gasteiger partial charge in [-0.2, -0.15) is 5.26 Å². The van der Waals surface area contributed by atoms with E-state index in [0.29, 0.717) is 18.9 Å². The minimum atomic E-state index is -0.276. The minimum Gasteiger partial charge on any atom is -0.491 e. The van der Waals surface area contributed by atoms with Crippen LogP contribution >= 0.6 is 11.8 Å². The molecule has 0 aromatic heterocycles. The normalized spacial score (nSPS) is 11.3. The number of nitriles is 1. The second-order valence-corrected chi connectivity index (χ2v) is 7.35. The van der Waals surface area contributed by atoms with Crippen molar-refractivity contribution in [3.8, 4) is 11.8 Å². The van der Waals surface area contributed by atoms with Gasteiger partial charge in [0.25, 0.3) is 0 Å². The lowest BCUT2D eigenvalue weighted by Crippen LogP contribution is -2.32. The number of carbonyl (C=O) groups is 1. The lowest BCUT2D eigenvalue weighted by atomic mass is 10.1. The molecular formula is C21H25N3O2S. The van der Waals surface area contributed by atoms with E-state index in [2.05, 4.69) is 16.7 Å². The summed E-state index contributed by atoms with van der Waals surface area (Å²) in [7, 11) is 0. The van der Waals surface area contributed by atoms with Crippen molar-refractivity contribution < 1.29 is 9.53 Å². The van der Waals surface area contributed by atoms with Crippen molar-refractivity contribution in [2.75, 3.05) is 24.2 Å². The van der Waals surface area contributed by atoms with E-state index < -0.39 is 0 Å². The first kappa shape index (κ1) is 20.7. The highest BCUT2D eigenvalue weighted by Gasteiger charge is 2.09. The number of anilines is 1. The number of hydrogen-bond acceptors (Lipinski definition) is 4. The Balaban J connectivity index is 1.81. The van der Waals surface area contributed by atoms with Crippen LogP contribution in [0, 0.1) is 31.1 Å². The summed E-state index contributed by atoms with van der Waals surface area (Å²) in [6.07, 6.45) is 0. The number of ether oxygens (including phenoxy) is 1. The summed E-state index contributed by atoms with van der Waals surface area (Å²) < 4.78 is 5.79. The number of nitrogens with one attached hydrogen (secondary N) is 2. The molecular weight excluding hydrogens is 358 g/mol. The summed E-state index contributed by atoms with van der Waals surface area (Å²) in [5, 5.41) is 14.6. The third kappa shape index (κ3) is 6.54. The van der Waals surface area contributed by atoms with Crippen LogP contribution in [0.25, 0.3) is 0 Å². The molecule has 2 aromatic carbocycles. The molecule has 0 bridgehead atoms. The van der Waals surface area contributed by atoms with Gasteiger partial charge in [-0.15, -0.1) is 11.8 Å². The molecule has 0 aliphatic heterocycles. The van der Waals surface area contributed by atoms with Crippen molar-refractivity contribution >= 4 is 23.5 Å². The Kier molecular flexibility index (Phi) is 8.02. The molecule has 0 aliphatic rings. The van der Waals surface area contributed by atoms with Gasteiger partial charge >= 0.3 is 6.03 Å². The summed E-state index contributed by atoms with van der Waals surface area (Å²) in [5.74, 6) is 1.51. The average Bonchev–Trinajstić information content (AvgIpc) is 2.66. The molecule has 2 rings (SSSR count). The quantitative estimate of drug-likeness (QED) is 0.509. The number of carbonyl (C=O) groups excluding carboxylic acids is 1. The van der Waals surface area contributed by atoms with Crippen LogP contribution in [-0.2, 0) is 0 Å². The Morgan fingerprint density at radius 2 is 1.89 bits per heavy atom. The first-order valence-corrected chi connectivity index (χ1v) is 9.85. The zero-order valence-electron chi connectivity index (χ0n) is 15.9. The van der Waals surface area contributed by atoms with Gasteiger partial charge in [-0.05, 0) is 44.0 Å². The summed E-state index contributed by atoms with van der Waals surface area (Å²) in [5.41, 5.74) is 2.90. The summed E-state index contributed by atoms with van der Waals surface area (Å²) >= 11 is 1.56. The number of hydrogen-bond donors (Lipinski definition) is 2. The fraction of sp³-hybridized carbons (Fsp3) is 0.333. The lowest BCUT2D eigenvalue weighted by Gasteiger charge is -2.14. The predicted octanol–water partition coefficient (Wildman–Crippen LogP) is 4.76. The van der Waals surface area contributed by atoms with Gasteiger partial charge in [-0.1, -0.05) is 30.3 Å². The second kappa shape index (κ2) is 10.5. The molecule has 0 spiro atoms. The van der Waals surface area contributed by atoms with E-state index >= 15 is 0 Å². The Morgan fingerprint density at radius 1 is 1.19 bits per heavy atom. The largest absolute Gasteiger partial charge is 0.491 e. The number of benzene rings is 2. The Bertz CT molecular complexity index is 797. The number of amides is 2. The van der Waals surface area contributed by atoms with Gasteiger partial charge < -0.3 is 15.4 Å². The van der Waals surface area contributed by atoms with Gasteiger partial charge in [-0.25, -0.2) is 4.79 Å². The summed E-state index contributed by atoms with van der Waals surface area (Å²) in [6.45, 7) is 6.69. The van der Waals surface area contributed by atoms with Crippen LogP contribution in [0.5, 0.6) is 5.75 Å². The molecule has 2 amide bonds. The van der Waals surface area contributed by atoms with Crippen LogP contribution in [0.15, 0.2) is 47.4 Å². The molecule has 142 valence electrons. The average molecular weight is 384 g/mol. The topological polar surface area (TPSA) is 74.2 Å². The zero-order chi connectivity index (χ0) is 19.6. The van der Waals surface area contributed by atoms with Crippen molar-refractivity contribution in [1.29, 1.82) is 5.26 Å². The number of para-hydroxylation sites is 2. The molecule has 27 heavy (non-hydrogen) atoms. The van der Waals surface area contributed by atoms with Gasteiger partial charge in [0.15, 0.2) is 0 Å². The van der Waals surface area contributed by atoms with Gasteiger partial charge in [0, 0.05) is 10.6 Å². The molecule has 0 radical (unpaired) electrons. The van der Waals surface area contributed by atoms with Crippen molar-refractivity contribution in [1.82, 2.24) is 5.32 Å². The van der Waals surface area contributed by atoms with Crippen LogP contribution < -0.4 is 15.4 Å². The van der Waals surface area contributed by atoms with E-state index in [1.165, 1.54) is 0 Å². The Morgan fingerprint density at radius 3 is 2.59 bits per heavy atom. The predicted molar refractivity (Wildman–Crippen MR) is 110 cm³/mol. The summed E-state index contributed by atoms with van der Waals surface area (Å²) in [4.78, 5) is 13.1. The highest BCUT2D eigenvalue weighted by Crippen LogP contribution is 2.28. The van der Waals surface area contributed by atoms with Gasteiger partial charge in [-0.3, -0.25) is 0 Å². The number of thioether (sulfide) groups is 1. The van der Waals surface area contributed by atoms with E-state index in [4.69, 9.17) is 10.00 Å². The Labute approximate surface area is 165 Å². The highest BCUT2D eigenvalue weighted by molar-refractivity contribution is 7.99. The fourth-order valence-electron chi connectivity index (χ4n) is 2.46. The molecule has 0 heterocycles. The molecule has 6 heteroatoms. The Hall–Kier alpha value is -2.65. The molecule has 0 fully saturated rings. The number of urea groups is 1. The first-order valence-electron chi connectivity index (χ1n) is 8.86. The fourth-order valence-corrected chi connectivity index (χ4v) is 3.41. The molecule has 0 saturated carbocycles. The molecule has 0 saturated heterocycles. The van der Waals surface area contributed by atoms with E-state index in [0.717, 1.165) is 27.5 Å². The van der Waals surface area contributed by atoms with Crippen LogP contribution in [-0.4, -0.2) is 24.9 Å². The standard InChI is InChI=1S/C21H25N3O2S/c1-15(13-22)14-27-19-10-5-4-9-18(19)24-21(25)23-11-12-26-20-16(2)7-6-8-17(20)3/h4-10,15H,11-12,14H2,1-3H3,(H2,23,24,25). The van der Waals surface area contributed by atoms with Crippen LogP contribution in [0.1, 0.15) is 18.1 Å². The maximum absolute atomic E-state index is 12.2. The maximum atomic E-state index is 12.2. The number of nitrogens with zero attached hydrogens (tertiary/aromatic N) is 1. The van der Waals surface area contributed by atoms with Crippen molar-refractivity contribution in [2.45, 2.75) is 25.7 Å². The van der Waals surface area contributed by atoms with Crippen molar-refractivity contribution in [3.63, 3.8) is 0 Å². The number of aryl methyl sites for hydroxylation is 2. The summed E-state index contributed by atoms with van der Waals surface area (Å²) in [6, 6.07) is 15.5. The van der Waals surface area contributed by atoms with E-state index in [9.17, 15) is 4.79 Å². The van der Waals surface area contributed by atoms with Crippen LogP contribution in [0.3, 0.4) is 0 Å². The minimum absolute atomic E-state index is 0.0427. The third-order valence-corrected chi connectivity index (χ3v) is 5.22. The zero-order valence-corrected chi connectivity index (χ0v) is 16.7. The molecule has 5 nitrogen and oxygen atoms in total. The molecule has 1 atom stereocenters. The molecule has 2 aromatic rings. The third-order valence-electron chi connectivity index (χ3n) is 3.89. The van der Waals surface area contributed by atoms with Gasteiger partial charge in [0.1, 0.15) is 12.4 Å². The monoisotopic (exact) mass is 383 g/mol. The first-order chi connectivity index (χ1) is 13.0. The maximum Gasteiger partial charge on any atom is 0.319 e. The lowest BCUT2D eigenvalue weighted by molar-refractivity contribution is 0.247. The second-order valence-electron chi connectivity index (χ2n) is 6.29. The molecule has 0 aliphatic carbocycles. The van der Waals surface area contributed by atoms with Gasteiger partial charge in [0.05, 0.1) is 24.2 Å².